The Morgan fingerprint density at radius 3 is 1.64 bits per heavy atom. The van der Waals surface area contributed by atoms with E-state index in [9.17, 15) is 25.2 Å². The second kappa shape index (κ2) is 5.76. The summed E-state index contributed by atoms with van der Waals surface area (Å²) in [6, 6.07) is 14.4. The molecule has 124 valence electrons. The molecule has 0 unspecified atom stereocenters. The van der Waals surface area contributed by atoms with Crippen LogP contribution in [0.5, 0.6) is 0 Å². The number of pyridine rings is 1. The normalized spacial score (nSPS) is 14.1. The van der Waals surface area contributed by atoms with E-state index in [0.29, 0.717) is 6.61 Å². The van der Waals surface area contributed by atoms with E-state index >= 15 is 0 Å². The topological polar surface area (TPSA) is 13.1 Å². The van der Waals surface area contributed by atoms with Gasteiger partial charge < -0.3 is 0 Å². The summed E-state index contributed by atoms with van der Waals surface area (Å²) in [7, 11) is -10.7. The molecule has 2 nitrogen and oxygen atoms in total. The van der Waals surface area contributed by atoms with Crippen molar-refractivity contribution >= 4 is 7.81 Å². The quantitative estimate of drug-likeness (QED) is 0.408. The molecule has 22 heavy (non-hydrogen) atoms. The van der Waals surface area contributed by atoms with Crippen LogP contribution >= 0.6 is 7.81 Å². The van der Waals surface area contributed by atoms with Crippen LogP contribution in [0, 0.1) is 0 Å². The molecule has 0 amide bonds. The van der Waals surface area contributed by atoms with E-state index in [4.69, 9.17) is 4.84 Å². The molecule has 2 aromatic rings. The van der Waals surface area contributed by atoms with Crippen LogP contribution in [0.2, 0.25) is 0 Å². The Morgan fingerprint density at radius 1 is 0.818 bits per heavy atom. The third-order valence-corrected chi connectivity index (χ3v) is 2.19. The van der Waals surface area contributed by atoms with Gasteiger partial charge in [-0.2, -0.15) is 0 Å². The van der Waals surface area contributed by atoms with Gasteiger partial charge >= 0.3 is 33.0 Å². The first kappa shape index (κ1) is 18.2. The van der Waals surface area contributed by atoms with Crippen molar-refractivity contribution in [3.05, 3.63) is 54.9 Å². The van der Waals surface area contributed by atoms with Crippen LogP contribution in [-0.2, 0) is 0 Å². The van der Waals surface area contributed by atoms with E-state index in [0.717, 1.165) is 0 Å². The second-order valence-corrected chi connectivity index (χ2v) is 6.11. The van der Waals surface area contributed by atoms with Crippen LogP contribution in [-0.4, -0.2) is 6.61 Å². The van der Waals surface area contributed by atoms with Crippen molar-refractivity contribution in [3.63, 3.8) is 0 Å². The van der Waals surface area contributed by atoms with Gasteiger partial charge in [-0.15, -0.1) is 0 Å². The summed E-state index contributed by atoms with van der Waals surface area (Å²) >= 11 is 0. The molecule has 2 rings (SSSR count). The molecule has 0 fully saturated rings. The van der Waals surface area contributed by atoms with Crippen molar-refractivity contribution in [1.29, 1.82) is 0 Å². The summed E-state index contributed by atoms with van der Waals surface area (Å²) in [5, 5.41) is 0. The van der Waals surface area contributed by atoms with Crippen LogP contribution in [0.4, 0.5) is 25.2 Å². The molecule has 0 aliphatic heterocycles. The molecule has 1 aromatic carbocycles. The fraction of sp³-hybridized carbons (Fsp3) is 0.154. The fourth-order valence-corrected chi connectivity index (χ4v) is 1.47. The number of hydrogen-bond acceptors (Lipinski definition) is 1. The Hall–Kier alpha value is -1.82. The predicted molar refractivity (Wildman–Crippen MR) is 72.8 cm³/mol. The van der Waals surface area contributed by atoms with Gasteiger partial charge in [-0.3, -0.25) is 4.84 Å². The van der Waals surface area contributed by atoms with Gasteiger partial charge in [-0.25, -0.2) is 0 Å². The third kappa shape index (κ3) is 9.99. The number of nitrogens with zero attached hydrogens (tertiary/aromatic N) is 1. The Bertz CT molecular complexity index is 586. The number of rotatable bonds is 3. The molecule has 0 bridgehead atoms. The average molecular weight is 345 g/mol. The van der Waals surface area contributed by atoms with E-state index in [-0.39, 0.29) is 0 Å². The number of benzene rings is 1. The van der Waals surface area contributed by atoms with E-state index < -0.39 is 7.81 Å². The molecule has 0 N–H and O–H groups in total. The van der Waals surface area contributed by atoms with Crippen LogP contribution in [0.25, 0.3) is 11.1 Å². The molecule has 0 aliphatic carbocycles. The van der Waals surface area contributed by atoms with Crippen LogP contribution < -0.4 is 9.57 Å². The van der Waals surface area contributed by atoms with Gasteiger partial charge in [-0.1, -0.05) is 30.3 Å². The monoisotopic (exact) mass is 345 g/mol. The summed E-state index contributed by atoms with van der Waals surface area (Å²) in [5.41, 5.74) is 2.42. The van der Waals surface area contributed by atoms with Crippen molar-refractivity contribution in [2.75, 3.05) is 6.61 Å². The zero-order valence-electron chi connectivity index (χ0n) is 11.5. The molecule has 9 heteroatoms. The molecule has 1 aromatic heterocycles. The molecule has 0 radical (unpaired) electrons. The molecule has 1 heterocycles. The number of halogens is 6. The summed E-state index contributed by atoms with van der Waals surface area (Å²) in [5.74, 6) is 0. The van der Waals surface area contributed by atoms with Gasteiger partial charge in [0.25, 0.3) is 0 Å². The van der Waals surface area contributed by atoms with Crippen molar-refractivity contribution in [1.82, 2.24) is 0 Å². The minimum atomic E-state index is -10.7. The summed E-state index contributed by atoms with van der Waals surface area (Å²) in [6.45, 7) is 2.65. The van der Waals surface area contributed by atoms with E-state index in [1.165, 1.54) is 11.1 Å². The van der Waals surface area contributed by atoms with Gasteiger partial charge in [0.1, 0.15) is 0 Å². The summed E-state index contributed by atoms with van der Waals surface area (Å²) in [4.78, 5) is 5.31. The van der Waals surface area contributed by atoms with Crippen LogP contribution in [0.3, 0.4) is 0 Å². The number of hydrogen-bond donors (Lipinski definition) is 0. The van der Waals surface area contributed by atoms with Gasteiger partial charge in [-0.05, 0) is 18.1 Å². The second-order valence-electron chi connectivity index (χ2n) is 4.19. The Labute approximate surface area is 123 Å². The van der Waals surface area contributed by atoms with Gasteiger partial charge in [0.05, 0.1) is 0 Å². The SMILES string of the molecule is CCO[n+]1ccc(-c2ccccc2)cc1.F[P-](F)(F)(F)(F)F. The first-order chi connectivity index (χ1) is 9.85. The first-order valence-electron chi connectivity index (χ1n) is 6.11. The van der Waals surface area contributed by atoms with Crippen molar-refractivity contribution < 1.29 is 34.7 Å². The zero-order chi connectivity index (χ0) is 16.9. The third-order valence-electron chi connectivity index (χ3n) is 2.19. The van der Waals surface area contributed by atoms with Gasteiger partial charge in [0.15, 0.2) is 6.61 Å². The molecule has 0 saturated heterocycles. The Kier molecular flexibility index (Phi) is 4.77. The summed E-state index contributed by atoms with van der Waals surface area (Å²) < 4.78 is 60.9. The zero-order valence-corrected chi connectivity index (χ0v) is 12.4. The van der Waals surface area contributed by atoms with Gasteiger partial charge in [0, 0.05) is 16.9 Å². The van der Waals surface area contributed by atoms with E-state index in [1.807, 2.05) is 49.6 Å². The van der Waals surface area contributed by atoms with Crippen LogP contribution in [0.1, 0.15) is 6.92 Å². The van der Waals surface area contributed by atoms with Crippen molar-refractivity contribution in [2.45, 2.75) is 6.92 Å². The molecular weight excluding hydrogens is 331 g/mol. The minimum absolute atomic E-state index is 0.676. The molecule has 0 spiro atoms. The Morgan fingerprint density at radius 2 is 1.23 bits per heavy atom. The molecule has 0 aliphatic rings. The van der Waals surface area contributed by atoms with E-state index in [2.05, 4.69) is 12.1 Å². The Balaban J connectivity index is 0.000000295. The fourth-order valence-electron chi connectivity index (χ4n) is 1.47. The maximum absolute atomic E-state index is 10.7. The van der Waals surface area contributed by atoms with E-state index in [1.54, 1.807) is 4.73 Å². The average Bonchev–Trinajstić information content (AvgIpc) is 2.37. The predicted octanol–water partition coefficient (Wildman–Crippen LogP) is 5.47. The molecule has 0 atom stereocenters. The van der Waals surface area contributed by atoms with Crippen molar-refractivity contribution in [3.8, 4) is 11.1 Å². The number of aromatic nitrogens is 1. The van der Waals surface area contributed by atoms with Crippen LogP contribution in [0.15, 0.2) is 54.9 Å². The molecule has 0 saturated carbocycles. The van der Waals surface area contributed by atoms with Crippen molar-refractivity contribution in [2.24, 2.45) is 0 Å². The maximum atomic E-state index is 9.87. The van der Waals surface area contributed by atoms with Gasteiger partial charge in [0.2, 0.25) is 12.4 Å². The standard InChI is InChI=1S/C13H14NO.F6P/c1-2-15-14-10-8-13(9-11-14)12-6-4-3-5-7-12;1-7(2,3,4,5)6/h3-11H,2H2,1H3;/q+1;-1. The first-order valence-corrected chi connectivity index (χ1v) is 8.14. The molecular formula is C13H14F6NOP. The summed E-state index contributed by atoms with van der Waals surface area (Å²) in [6.07, 6.45) is 3.84.